The maximum absolute atomic E-state index is 14.1. The minimum atomic E-state index is -0.637. The third kappa shape index (κ3) is 4.49. The van der Waals surface area contributed by atoms with Crippen LogP contribution in [0.5, 0.6) is 0 Å². The van der Waals surface area contributed by atoms with Gasteiger partial charge in [0.1, 0.15) is 11.9 Å². The topological polar surface area (TPSA) is 46.5 Å². The van der Waals surface area contributed by atoms with E-state index in [4.69, 9.17) is 4.74 Å². The number of aryl methyl sites for hydroxylation is 1. The number of halogens is 1. The second-order valence-electron chi connectivity index (χ2n) is 9.20. The highest BCUT2D eigenvalue weighted by Gasteiger charge is 2.32. The number of cyclic esters (lactones) is 1. The zero-order chi connectivity index (χ0) is 22.2. The van der Waals surface area contributed by atoms with Crippen LogP contribution in [0.3, 0.4) is 0 Å². The highest BCUT2D eigenvalue weighted by molar-refractivity contribution is 5.88. The molecule has 0 radical (unpaired) electrons. The van der Waals surface area contributed by atoms with Gasteiger partial charge in [0.2, 0.25) is 0 Å². The first kappa shape index (κ1) is 21.5. The number of allylic oxidation sites excluding steroid dienone is 2. The van der Waals surface area contributed by atoms with Crippen LogP contribution in [0.15, 0.2) is 54.1 Å². The first-order valence-corrected chi connectivity index (χ1v) is 10.9. The molecule has 0 unspecified atom stereocenters. The van der Waals surface area contributed by atoms with Gasteiger partial charge in [-0.15, -0.1) is 0 Å². The molecule has 1 aliphatic heterocycles. The quantitative estimate of drug-likeness (QED) is 0.633. The molecule has 1 saturated heterocycles. The number of aliphatic hydroxyl groups is 1. The number of hydrogen-bond donors (Lipinski definition) is 1. The highest BCUT2D eigenvalue weighted by atomic mass is 19.1. The normalized spacial score (nSPS) is 22.7. The molecule has 1 fully saturated rings. The van der Waals surface area contributed by atoms with Crippen LogP contribution in [0.25, 0.3) is 11.6 Å². The number of aliphatic hydroxyl groups excluding tert-OH is 1. The van der Waals surface area contributed by atoms with Crippen molar-refractivity contribution in [3.63, 3.8) is 0 Å². The molecule has 0 bridgehead atoms. The molecular formula is C27H29FO3. The molecule has 2 aromatic rings. The predicted molar refractivity (Wildman–Crippen MR) is 121 cm³/mol. The second kappa shape index (κ2) is 8.43. The smallest absolute Gasteiger partial charge is 0.308 e. The van der Waals surface area contributed by atoms with Crippen molar-refractivity contribution >= 4 is 17.6 Å². The van der Waals surface area contributed by atoms with Gasteiger partial charge in [-0.25, -0.2) is 4.39 Å². The van der Waals surface area contributed by atoms with Gasteiger partial charge in [-0.2, -0.15) is 0 Å². The number of esters is 1. The SMILES string of the molecule is Cc1cc(C2=C(CC[C@H]3C[C@H](O)CC(=O)O3)C(C)(C)C=Cc3ccccc32)ccc1F. The minimum Gasteiger partial charge on any atom is -0.462 e. The highest BCUT2D eigenvalue weighted by Crippen LogP contribution is 2.45. The fraction of sp³-hybridized carbons (Fsp3) is 0.370. The molecule has 2 atom stereocenters. The average molecular weight is 421 g/mol. The summed E-state index contributed by atoms with van der Waals surface area (Å²) in [6, 6.07) is 13.5. The maximum Gasteiger partial charge on any atom is 0.308 e. The van der Waals surface area contributed by atoms with Crippen LogP contribution < -0.4 is 0 Å². The largest absolute Gasteiger partial charge is 0.462 e. The third-order valence-electron chi connectivity index (χ3n) is 6.39. The Hall–Kier alpha value is -2.72. The van der Waals surface area contributed by atoms with E-state index < -0.39 is 6.10 Å². The summed E-state index contributed by atoms with van der Waals surface area (Å²) in [5, 5.41) is 9.99. The standard InChI is InChI=1S/C27H29FO3/c1-17-14-19(8-11-24(17)28)26-22-7-5-4-6-18(22)12-13-27(2,3)23(26)10-9-21-15-20(29)16-25(30)31-21/h4-8,11-14,20-21,29H,9-10,15-16H2,1-3H3/t20-,21-/m0/s1. The van der Waals surface area contributed by atoms with Crippen molar-refractivity contribution in [1.82, 2.24) is 0 Å². The molecule has 0 aromatic heterocycles. The number of fused-ring (bicyclic) bond motifs is 1. The van der Waals surface area contributed by atoms with Crippen LogP contribution in [-0.2, 0) is 9.53 Å². The van der Waals surface area contributed by atoms with E-state index in [2.05, 4.69) is 38.1 Å². The van der Waals surface area contributed by atoms with Gasteiger partial charge in [-0.1, -0.05) is 61.9 Å². The Labute approximate surface area is 183 Å². The zero-order valence-corrected chi connectivity index (χ0v) is 18.3. The van der Waals surface area contributed by atoms with Gasteiger partial charge in [-0.05, 0) is 59.7 Å². The number of rotatable bonds is 4. The number of ether oxygens (including phenoxy) is 1. The number of carbonyl (C=O) groups is 1. The summed E-state index contributed by atoms with van der Waals surface area (Å²) in [6.45, 7) is 6.15. The lowest BCUT2D eigenvalue weighted by Gasteiger charge is -2.31. The summed E-state index contributed by atoms with van der Waals surface area (Å²) >= 11 is 0. The predicted octanol–water partition coefficient (Wildman–Crippen LogP) is 5.84. The Balaban J connectivity index is 1.82. The van der Waals surface area contributed by atoms with E-state index in [0.29, 0.717) is 24.8 Å². The molecule has 1 aliphatic carbocycles. The van der Waals surface area contributed by atoms with Gasteiger partial charge in [0, 0.05) is 11.8 Å². The lowest BCUT2D eigenvalue weighted by molar-refractivity contribution is -0.160. The first-order valence-electron chi connectivity index (χ1n) is 10.9. The van der Waals surface area contributed by atoms with Gasteiger partial charge in [0.05, 0.1) is 12.5 Å². The van der Waals surface area contributed by atoms with Gasteiger partial charge < -0.3 is 9.84 Å². The Bertz CT molecular complexity index is 1060. The number of carbonyl (C=O) groups excluding carboxylic acids is 1. The number of hydrogen-bond acceptors (Lipinski definition) is 3. The van der Waals surface area contributed by atoms with Crippen molar-refractivity contribution in [2.75, 3.05) is 0 Å². The lowest BCUT2D eigenvalue weighted by Crippen LogP contribution is -2.32. The Kier molecular flexibility index (Phi) is 5.85. The van der Waals surface area contributed by atoms with Crippen molar-refractivity contribution in [3.8, 4) is 0 Å². The van der Waals surface area contributed by atoms with Crippen LogP contribution in [0, 0.1) is 18.2 Å². The molecular weight excluding hydrogens is 391 g/mol. The van der Waals surface area contributed by atoms with E-state index in [0.717, 1.165) is 22.3 Å². The van der Waals surface area contributed by atoms with Crippen LogP contribution >= 0.6 is 0 Å². The molecule has 2 aliphatic rings. The molecule has 1 heterocycles. The van der Waals surface area contributed by atoms with Crippen molar-refractivity contribution in [1.29, 1.82) is 0 Å². The van der Waals surface area contributed by atoms with Gasteiger partial charge >= 0.3 is 5.97 Å². The zero-order valence-electron chi connectivity index (χ0n) is 18.3. The molecule has 0 saturated carbocycles. The molecule has 2 aromatic carbocycles. The molecule has 4 heteroatoms. The molecule has 0 amide bonds. The molecule has 162 valence electrons. The second-order valence-corrected chi connectivity index (χ2v) is 9.20. The third-order valence-corrected chi connectivity index (χ3v) is 6.39. The van der Waals surface area contributed by atoms with Crippen molar-refractivity contribution in [2.45, 2.75) is 58.7 Å². The van der Waals surface area contributed by atoms with E-state index in [1.165, 1.54) is 11.6 Å². The monoisotopic (exact) mass is 420 g/mol. The van der Waals surface area contributed by atoms with E-state index in [-0.39, 0.29) is 29.7 Å². The Morgan fingerprint density at radius 2 is 1.97 bits per heavy atom. The fourth-order valence-electron chi connectivity index (χ4n) is 4.67. The van der Waals surface area contributed by atoms with Crippen molar-refractivity contribution in [2.24, 2.45) is 5.41 Å². The fourth-order valence-corrected chi connectivity index (χ4v) is 4.67. The Morgan fingerprint density at radius 3 is 2.71 bits per heavy atom. The maximum atomic E-state index is 14.1. The van der Waals surface area contributed by atoms with E-state index in [9.17, 15) is 14.3 Å². The van der Waals surface area contributed by atoms with Gasteiger partial charge in [0.25, 0.3) is 0 Å². The van der Waals surface area contributed by atoms with Crippen molar-refractivity contribution < 1.29 is 19.0 Å². The van der Waals surface area contributed by atoms with Crippen LogP contribution in [0.4, 0.5) is 4.39 Å². The number of benzene rings is 2. The van der Waals surface area contributed by atoms with Crippen LogP contribution in [-0.4, -0.2) is 23.3 Å². The first-order chi connectivity index (χ1) is 14.7. The summed E-state index contributed by atoms with van der Waals surface area (Å²) in [5.41, 5.74) is 5.92. The van der Waals surface area contributed by atoms with E-state index in [1.807, 2.05) is 24.3 Å². The molecule has 3 nitrogen and oxygen atoms in total. The van der Waals surface area contributed by atoms with Gasteiger partial charge in [0.15, 0.2) is 0 Å². The molecule has 4 rings (SSSR count). The van der Waals surface area contributed by atoms with Crippen LogP contribution in [0.2, 0.25) is 0 Å². The minimum absolute atomic E-state index is 0.0703. The Morgan fingerprint density at radius 1 is 1.19 bits per heavy atom. The summed E-state index contributed by atoms with van der Waals surface area (Å²) in [7, 11) is 0. The average Bonchev–Trinajstić information content (AvgIpc) is 2.82. The van der Waals surface area contributed by atoms with Crippen molar-refractivity contribution in [3.05, 3.63) is 82.2 Å². The summed E-state index contributed by atoms with van der Waals surface area (Å²) in [4.78, 5) is 11.8. The molecule has 31 heavy (non-hydrogen) atoms. The molecule has 0 spiro atoms. The van der Waals surface area contributed by atoms with Gasteiger partial charge in [-0.3, -0.25) is 4.79 Å². The van der Waals surface area contributed by atoms with E-state index in [1.54, 1.807) is 6.92 Å². The summed E-state index contributed by atoms with van der Waals surface area (Å²) in [6.07, 6.45) is 5.33. The lowest BCUT2D eigenvalue weighted by atomic mass is 9.76. The summed E-state index contributed by atoms with van der Waals surface area (Å²) in [5.74, 6) is -0.550. The van der Waals surface area contributed by atoms with Crippen LogP contribution in [0.1, 0.15) is 61.8 Å². The molecule has 1 N–H and O–H groups in total. The summed E-state index contributed by atoms with van der Waals surface area (Å²) < 4.78 is 19.6. The van der Waals surface area contributed by atoms with E-state index >= 15 is 0 Å².